The molecule has 2 aromatic heterocycles. The molecule has 3 heterocycles. The monoisotopic (exact) mass is 301 g/mol. The predicted molar refractivity (Wildman–Crippen MR) is 83.7 cm³/mol. The molecule has 0 saturated carbocycles. The minimum atomic E-state index is 0.300. The van der Waals surface area contributed by atoms with Gasteiger partial charge in [0.1, 0.15) is 12.4 Å². The van der Waals surface area contributed by atoms with Crippen molar-refractivity contribution in [2.24, 2.45) is 0 Å². The Bertz CT molecular complexity index is 598. The average Bonchev–Trinajstić information content (AvgIpc) is 2.83. The van der Waals surface area contributed by atoms with Gasteiger partial charge in [-0.05, 0) is 38.6 Å². The van der Waals surface area contributed by atoms with Crippen molar-refractivity contribution in [3.63, 3.8) is 0 Å². The van der Waals surface area contributed by atoms with E-state index in [1.165, 1.54) is 19.3 Å². The largest absolute Gasteiger partial charge is 0.377 e. The van der Waals surface area contributed by atoms with E-state index in [0.29, 0.717) is 12.6 Å². The van der Waals surface area contributed by atoms with Crippen molar-refractivity contribution in [1.82, 2.24) is 24.6 Å². The lowest BCUT2D eigenvalue weighted by atomic mass is 10.1. The summed E-state index contributed by atoms with van der Waals surface area (Å²) in [6, 6.07) is 4.23. The Morgan fingerprint density at radius 3 is 2.82 bits per heavy atom. The van der Waals surface area contributed by atoms with E-state index in [-0.39, 0.29) is 0 Å². The van der Waals surface area contributed by atoms with Gasteiger partial charge in [-0.2, -0.15) is 0 Å². The van der Waals surface area contributed by atoms with Crippen LogP contribution in [0.1, 0.15) is 43.4 Å². The highest BCUT2D eigenvalue weighted by molar-refractivity contribution is 5.29. The Hall–Kier alpha value is -1.79. The molecule has 1 saturated heterocycles. The number of likely N-dealkylation sites (tertiary alicyclic amines) is 1. The quantitative estimate of drug-likeness (QED) is 0.867. The lowest BCUT2D eigenvalue weighted by molar-refractivity contribution is 0.177. The van der Waals surface area contributed by atoms with E-state index < -0.39 is 0 Å². The van der Waals surface area contributed by atoms with E-state index in [1.807, 2.05) is 16.8 Å². The Morgan fingerprint density at radius 1 is 1.23 bits per heavy atom. The van der Waals surface area contributed by atoms with Crippen molar-refractivity contribution >= 4 is 0 Å². The molecule has 6 nitrogen and oxygen atoms in total. The maximum atomic E-state index is 5.21. The van der Waals surface area contributed by atoms with Crippen molar-refractivity contribution in [2.45, 2.75) is 38.3 Å². The molecule has 0 aliphatic carbocycles. The van der Waals surface area contributed by atoms with E-state index >= 15 is 0 Å². The molecular weight excluding hydrogens is 278 g/mol. The lowest BCUT2D eigenvalue weighted by Gasteiger charge is -2.25. The fraction of sp³-hybridized carbons (Fsp3) is 0.562. The van der Waals surface area contributed by atoms with Crippen LogP contribution in [0.15, 0.2) is 24.5 Å². The SMILES string of the molecule is COCc1nc([C@@H]2CCCCCN2C)n(-c2ccncc2)n1. The molecule has 0 N–H and O–H groups in total. The van der Waals surface area contributed by atoms with Gasteiger partial charge in [0.25, 0.3) is 0 Å². The highest BCUT2D eigenvalue weighted by atomic mass is 16.5. The van der Waals surface area contributed by atoms with Gasteiger partial charge in [-0.3, -0.25) is 9.88 Å². The zero-order valence-electron chi connectivity index (χ0n) is 13.3. The van der Waals surface area contributed by atoms with E-state index in [2.05, 4.69) is 22.0 Å². The van der Waals surface area contributed by atoms with Crippen LogP contribution >= 0.6 is 0 Å². The van der Waals surface area contributed by atoms with E-state index in [9.17, 15) is 0 Å². The second kappa shape index (κ2) is 6.98. The molecule has 0 aromatic carbocycles. The van der Waals surface area contributed by atoms with Crippen LogP contribution in [-0.2, 0) is 11.3 Å². The van der Waals surface area contributed by atoms with Crippen molar-refractivity contribution < 1.29 is 4.74 Å². The first-order valence-corrected chi connectivity index (χ1v) is 7.85. The number of pyridine rings is 1. The summed E-state index contributed by atoms with van der Waals surface area (Å²) < 4.78 is 7.15. The Morgan fingerprint density at radius 2 is 2.05 bits per heavy atom. The van der Waals surface area contributed by atoms with Crippen LogP contribution in [0.4, 0.5) is 0 Å². The zero-order valence-corrected chi connectivity index (χ0v) is 13.3. The first-order chi connectivity index (χ1) is 10.8. The first kappa shape index (κ1) is 15.1. The summed E-state index contributed by atoms with van der Waals surface area (Å²) in [5, 5.41) is 4.64. The second-order valence-electron chi connectivity index (χ2n) is 5.78. The van der Waals surface area contributed by atoms with Gasteiger partial charge in [0.2, 0.25) is 0 Å². The predicted octanol–water partition coefficient (Wildman–Crippen LogP) is 2.36. The number of nitrogens with zero attached hydrogens (tertiary/aromatic N) is 5. The third-order valence-corrected chi connectivity index (χ3v) is 4.18. The van der Waals surface area contributed by atoms with Crippen LogP contribution < -0.4 is 0 Å². The number of hydrogen-bond donors (Lipinski definition) is 0. The molecule has 1 fully saturated rings. The maximum absolute atomic E-state index is 5.21. The third kappa shape index (κ3) is 3.18. The van der Waals surface area contributed by atoms with Gasteiger partial charge in [-0.1, -0.05) is 12.8 Å². The minimum Gasteiger partial charge on any atom is -0.377 e. The fourth-order valence-electron chi connectivity index (χ4n) is 3.03. The van der Waals surface area contributed by atoms with Gasteiger partial charge in [-0.15, -0.1) is 5.10 Å². The van der Waals surface area contributed by atoms with Gasteiger partial charge in [0.05, 0.1) is 11.7 Å². The van der Waals surface area contributed by atoms with Crippen LogP contribution in [0.3, 0.4) is 0 Å². The molecule has 118 valence electrons. The van der Waals surface area contributed by atoms with Crippen molar-refractivity contribution in [1.29, 1.82) is 0 Å². The molecule has 0 spiro atoms. The second-order valence-corrected chi connectivity index (χ2v) is 5.78. The number of ether oxygens (including phenoxy) is 1. The molecule has 2 aromatic rings. The van der Waals surface area contributed by atoms with Crippen LogP contribution in [0.2, 0.25) is 0 Å². The van der Waals surface area contributed by atoms with E-state index in [1.54, 1.807) is 19.5 Å². The summed E-state index contributed by atoms with van der Waals surface area (Å²) >= 11 is 0. The van der Waals surface area contributed by atoms with Crippen molar-refractivity contribution in [3.05, 3.63) is 36.2 Å². The number of hydrogen-bond acceptors (Lipinski definition) is 5. The normalized spacial score (nSPS) is 20.0. The first-order valence-electron chi connectivity index (χ1n) is 7.85. The fourth-order valence-corrected chi connectivity index (χ4v) is 3.03. The summed E-state index contributed by atoms with van der Waals surface area (Å²) in [5.41, 5.74) is 0.998. The van der Waals surface area contributed by atoms with E-state index in [0.717, 1.165) is 30.3 Å². The van der Waals surface area contributed by atoms with Crippen molar-refractivity contribution in [3.8, 4) is 5.69 Å². The molecule has 0 radical (unpaired) electrons. The summed E-state index contributed by atoms with van der Waals surface area (Å²) in [6.07, 6.45) is 8.46. The summed E-state index contributed by atoms with van der Waals surface area (Å²) in [4.78, 5) is 11.2. The van der Waals surface area contributed by atoms with Crippen LogP contribution in [0.5, 0.6) is 0 Å². The molecule has 0 unspecified atom stereocenters. The summed E-state index contributed by atoms with van der Waals surface area (Å²) in [7, 11) is 3.85. The van der Waals surface area contributed by atoms with E-state index in [4.69, 9.17) is 9.72 Å². The van der Waals surface area contributed by atoms with Gasteiger partial charge < -0.3 is 4.74 Å². The molecule has 0 amide bonds. The summed E-state index contributed by atoms with van der Waals surface area (Å²) in [6.45, 7) is 1.54. The van der Waals surface area contributed by atoms with Gasteiger partial charge >= 0.3 is 0 Å². The van der Waals surface area contributed by atoms with Crippen LogP contribution in [0.25, 0.3) is 5.69 Å². The molecule has 1 atom stereocenters. The molecule has 1 aliphatic heterocycles. The molecule has 0 bridgehead atoms. The maximum Gasteiger partial charge on any atom is 0.177 e. The number of methoxy groups -OCH3 is 1. The Balaban J connectivity index is 2.01. The lowest BCUT2D eigenvalue weighted by Crippen LogP contribution is -2.26. The number of aromatic nitrogens is 4. The molecule has 3 rings (SSSR count). The highest BCUT2D eigenvalue weighted by Gasteiger charge is 2.26. The average molecular weight is 301 g/mol. The number of rotatable bonds is 4. The minimum absolute atomic E-state index is 0.300. The van der Waals surface area contributed by atoms with Gasteiger partial charge in [0.15, 0.2) is 5.82 Å². The zero-order chi connectivity index (χ0) is 15.4. The van der Waals surface area contributed by atoms with Gasteiger partial charge in [-0.25, -0.2) is 9.67 Å². The Kier molecular flexibility index (Phi) is 4.80. The van der Waals surface area contributed by atoms with Crippen molar-refractivity contribution in [2.75, 3.05) is 20.7 Å². The topological polar surface area (TPSA) is 56.1 Å². The standard InChI is InChI=1S/C16H23N5O/c1-20-11-5-3-4-6-14(20)16-18-15(12-22-2)19-21(16)13-7-9-17-10-8-13/h7-10,14H,3-6,11-12H2,1-2H3/t14-/m0/s1. The van der Waals surface area contributed by atoms with Crippen LogP contribution in [0, 0.1) is 0 Å². The van der Waals surface area contributed by atoms with Crippen LogP contribution in [-0.4, -0.2) is 45.4 Å². The summed E-state index contributed by atoms with van der Waals surface area (Å²) in [5.74, 6) is 1.73. The smallest absolute Gasteiger partial charge is 0.177 e. The molecular formula is C16H23N5O. The molecule has 22 heavy (non-hydrogen) atoms. The van der Waals surface area contributed by atoms with Gasteiger partial charge in [0, 0.05) is 19.5 Å². The molecule has 6 heteroatoms. The third-order valence-electron chi connectivity index (χ3n) is 4.18. The highest BCUT2D eigenvalue weighted by Crippen LogP contribution is 2.29. The Labute approximate surface area is 131 Å². The molecule has 1 aliphatic rings.